The predicted molar refractivity (Wildman–Crippen MR) is 114 cm³/mol. The number of carboxylic acids is 2. The van der Waals surface area contributed by atoms with E-state index in [1.807, 2.05) is 0 Å². The van der Waals surface area contributed by atoms with Gasteiger partial charge in [-0.25, -0.2) is 19.0 Å². The van der Waals surface area contributed by atoms with Gasteiger partial charge in [-0.2, -0.15) is 9.97 Å². The molecule has 1 fully saturated rings. The van der Waals surface area contributed by atoms with Gasteiger partial charge in [0.2, 0.25) is 0 Å². The number of hydrogen-bond donors (Lipinski definition) is 3. The first-order valence-electron chi connectivity index (χ1n) is 10.2. The SMILES string of the molecule is COc1nc(N)c2ncn([C@@H]3O[C@H](COC(Cc4ccccc4)(C(=O)O)C(=O)O)C[C@@H]3F)c2n1. The zero-order valence-electron chi connectivity index (χ0n) is 18.0. The number of alkyl halides is 1. The number of anilines is 1. The van der Waals surface area contributed by atoms with Gasteiger partial charge in [-0.3, -0.25) is 4.57 Å². The Morgan fingerprint density at radius 1 is 1.26 bits per heavy atom. The Kier molecular flexibility index (Phi) is 6.30. The van der Waals surface area contributed by atoms with Crippen LogP contribution in [-0.2, 0) is 25.5 Å². The number of carboxylic acid groups (broad SMARTS) is 2. The average Bonchev–Trinajstić information content (AvgIpc) is 3.39. The van der Waals surface area contributed by atoms with Crippen molar-refractivity contribution in [2.24, 2.45) is 0 Å². The molecule has 34 heavy (non-hydrogen) atoms. The Labute approximate surface area is 192 Å². The molecule has 13 heteroatoms. The molecule has 0 aliphatic carbocycles. The second-order valence-corrected chi connectivity index (χ2v) is 7.73. The largest absolute Gasteiger partial charge is 0.479 e. The minimum Gasteiger partial charge on any atom is -0.479 e. The third kappa shape index (κ3) is 4.22. The van der Waals surface area contributed by atoms with Crippen LogP contribution in [0.15, 0.2) is 36.7 Å². The normalized spacial score (nSPS) is 20.5. The molecule has 3 atom stereocenters. The smallest absolute Gasteiger partial charge is 0.348 e. The topological polar surface area (TPSA) is 172 Å². The molecule has 1 aliphatic rings. The number of nitrogens with zero attached hydrogens (tertiary/aromatic N) is 4. The number of ether oxygens (including phenoxy) is 3. The maximum atomic E-state index is 14.9. The molecule has 3 heterocycles. The fourth-order valence-electron chi connectivity index (χ4n) is 3.78. The van der Waals surface area contributed by atoms with Crippen molar-refractivity contribution in [1.29, 1.82) is 0 Å². The summed E-state index contributed by atoms with van der Waals surface area (Å²) in [6, 6.07) is 8.18. The summed E-state index contributed by atoms with van der Waals surface area (Å²) in [6.07, 6.45) is -2.92. The van der Waals surface area contributed by atoms with Crippen LogP contribution >= 0.6 is 0 Å². The number of methoxy groups -OCH3 is 1. The molecule has 1 saturated heterocycles. The van der Waals surface area contributed by atoms with Gasteiger partial charge in [0.1, 0.15) is 6.17 Å². The molecule has 2 aromatic heterocycles. The number of carbonyl (C=O) groups is 2. The van der Waals surface area contributed by atoms with Crippen LogP contribution in [0.2, 0.25) is 0 Å². The molecule has 180 valence electrons. The number of aliphatic carboxylic acids is 2. The summed E-state index contributed by atoms with van der Waals surface area (Å²) in [4.78, 5) is 36.1. The van der Waals surface area contributed by atoms with Crippen LogP contribution in [0, 0.1) is 0 Å². The van der Waals surface area contributed by atoms with E-state index in [4.69, 9.17) is 19.9 Å². The second kappa shape index (κ2) is 9.19. The van der Waals surface area contributed by atoms with Crippen molar-refractivity contribution in [3.8, 4) is 6.01 Å². The first-order chi connectivity index (χ1) is 16.2. The number of fused-ring (bicyclic) bond motifs is 1. The maximum absolute atomic E-state index is 14.9. The number of rotatable bonds is 9. The van der Waals surface area contributed by atoms with Gasteiger partial charge in [0.25, 0.3) is 5.60 Å². The predicted octanol–water partition coefficient (Wildman–Crippen LogP) is 1.21. The molecule has 1 aliphatic heterocycles. The Morgan fingerprint density at radius 2 is 1.97 bits per heavy atom. The minimum absolute atomic E-state index is 0.0337. The highest BCUT2D eigenvalue weighted by Gasteiger charge is 2.50. The quantitative estimate of drug-likeness (QED) is 0.380. The summed E-state index contributed by atoms with van der Waals surface area (Å²) in [7, 11) is 1.35. The molecule has 0 unspecified atom stereocenters. The molecule has 4 N–H and O–H groups in total. The van der Waals surface area contributed by atoms with E-state index in [0.29, 0.717) is 5.56 Å². The number of nitrogens with two attached hydrogens (primary N) is 1. The molecular formula is C21H22FN5O7. The van der Waals surface area contributed by atoms with E-state index in [-0.39, 0.29) is 29.4 Å². The lowest BCUT2D eigenvalue weighted by Gasteiger charge is -2.27. The summed E-state index contributed by atoms with van der Waals surface area (Å²) in [5.41, 5.74) is 4.16. The van der Waals surface area contributed by atoms with Crippen molar-refractivity contribution in [2.45, 2.75) is 36.9 Å². The van der Waals surface area contributed by atoms with E-state index in [2.05, 4.69) is 15.0 Å². The van der Waals surface area contributed by atoms with Crippen LogP contribution in [0.5, 0.6) is 6.01 Å². The highest BCUT2D eigenvalue weighted by Crippen LogP contribution is 2.35. The second-order valence-electron chi connectivity index (χ2n) is 7.73. The van der Waals surface area contributed by atoms with Crippen LogP contribution in [0.1, 0.15) is 18.2 Å². The van der Waals surface area contributed by atoms with Crippen molar-refractivity contribution in [2.75, 3.05) is 19.5 Å². The highest BCUT2D eigenvalue weighted by atomic mass is 19.1. The minimum atomic E-state index is -2.56. The van der Waals surface area contributed by atoms with E-state index >= 15 is 0 Å². The third-order valence-electron chi connectivity index (χ3n) is 5.52. The fraction of sp³-hybridized carbons (Fsp3) is 0.381. The summed E-state index contributed by atoms with van der Waals surface area (Å²) in [6.45, 7) is -0.463. The van der Waals surface area contributed by atoms with Gasteiger partial charge in [-0.1, -0.05) is 30.3 Å². The Bertz CT molecular complexity index is 1190. The summed E-state index contributed by atoms with van der Waals surface area (Å²) in [5.74, 6) is -3.30. The van der Waals surface area contributed by atoms with Crippen LogP contribution < -0.4 is 10.5 Å². The van der Waals surface area contributed by atoms with Crippen molar-refractivity contribution < 1.29 is 38.4 Å². The van der Waals surface area contributed by atoms with Crippen LogP contribution in [0.25, 0.3) is 11.2 Å². The molecule has 0 bridgehead atoms. The van der Waals surface area contributed by atoms with Gasteiger partial charge in [0.05, 0.1) is 26.1 Å². The lowest BCUT2D eigenvalue weighted by atomic mass is 9.94. The molecule has 4 rings (SSSR count). The number of imidazole rings is 1. The Balaban J connectivity index is 1.53. The monoisotopic (exact) mass is 475 g/mol. The number of benzene rings is 1. The molecule has 0 radical (unpaired) electrons. The van der Waals surface area contributed by atoms with Crippen molar-refractivity contribution in [3.05, 3.63) is 42.2 Å². The van der Waals surface area contributed by atoms with Crippen molar-refractivity contribution in [3.63, 3.8) is 0 Å². The van der Waals surface area contributed by atoms with Gasteiger partial charge in [0, 0.05) is 12.8 Å². The average molecular weight is 475 g/mol. The molecule has 0 amide bonds. The van der Waals surface area contributed by atoms with E-state index in [9.17, 15) is 24.2 Å². The molecule has 12 nitrogen and oxygen atoms in total. The number of halogens is 1. The van der Waals surface area contributed by atoms with Crippen molar-refractivity contribution >= 4 is 28.9 Å². The first kappa shape index (κ1) is 23.3. The van der Waals surface area contributed by atoms with Crippen LogP contribution in [0.4, 0.5) is 10.2 Å². The summed E-state index contributed by atoms with van der Waals surface area (Å²) >= 11 is 0. The van der Waals surface area contributed by atoms with E-state index in [0.717, 1.165) is 0 Å². The lowest BCUT2D eigenvalue weighted by molar-refractivity contribution is -0.188. The zero-order valence-corrected chi connectivity index (χ0v) is 18.0. The van der Waals surface area contributed by atoms with Gasteiger partial charge in [-0.15, -0.1) is 0 Å². The molecule has 0 spiro atoms. The molecule has 0 saturated carbocycles. The molecular weight excluding hydrogens is 453 g/mol. The highest BCUT2D eigenvalue weighted by molar-refractivity contribution is 6.02. The van der Waals surface area contributed by atoms with Crippen LogP contribution in [-0.4, -0.2) is 73.3 Å². The molecule has 1 aromatic carbocycles. The number of aromatic nitrogens is 4. The van der Waals surface area contributed by atoms with Crippen molar-refractivity contribution in [1.82, 2.24) is 19.5 Å². The van der Waals surface area contributed by atoms with E-state index in [1.54, 1.807) is 30.3 Å². The standard InChI is InChI=1S/C21H22FN5O7/c1-32-20-25-15(23)14-16(26-20)27(10-24-14)17-13(22)7-12(34-17)9-33-21(18(28)29,19(30)31)8-11-5-3-2-4-6-11/h2-6,10,12-13,17H,7-9H2,1H3,(H,28,29)(H,30,31)(H2,23,25,26)/t12-,13-,17+/m0/s1. The zero-order chi connectivity index (χ0) is 24.5. The fourth-order valence-corrected chi connectivity index (χ4v) is 3.78. The lowest BCUT2D eigenvalue weighted by Crippen LogP contribution is -2.52. The third-order valence-corrected chi connectivity index (χ3v) is 5.52. The number of nitrogen functional groups attached to an aromatic ring is 1. The Morgan fingerprint density at radius 3 is 2.62 bits per heavy atom. The van der Waals surface area contributed by atoms with Gasteiger partial charge < -0.3 is 30.2 Å². The first-order valence-corrected chi connectivity index (χ1v) is 10.2. The van der Waals surface area contributed by atoms with Gasteiger partial charge in [0.15, 0.2) is 23.2 Å². The van der Waals surface area contributed by atoms with E-state index in [1.165, 1.54) is 18.0 Å². The summed E-state index contributed by atoms with van der Waals surface area (Å²) in [5, 5.41) is 19.4. The van der Waals surface area contributed by atoms with Gasteiger partial charge in [-0.05, 0) is 5.56 Å². The number of hydrogen-bond acceptors (Lipinski definition) is 9. The maximum Gasteiger partial charge on any atom is 0.348 e. The Hall–Kier alpha value is -3.84. The van der Waals surface area contributed by atoms with E-state index < -0.39 is 49.1 Å². The molecule has 3 aromatic rings. The van der Waals surface area contributed by atoms with Crippen LogP contribution in [0.3, 0.4) is 0 Å². The van der Waals surface area contributed by atoms with Gasteiger partial charge >= 0.3 is 17.9 Å². The summed E-state index contributed by atoms with van der Waals surface area (Å²) < 4.78 is 32.4.